The maximum atomic E-state index is 12.6. The molecule has 1 aliphatic rings. The summed E-state index contributed by atoms with van der Waals surface area (Å²) in [5.74, 6) is 0.952. The number of benzene rings is 3. The predicted molar refractivity (Wildman–Crippen MR) is 168 cm³/mol. The normalized spacial score (nSPS) is 14.7. The van der Waals surface area contributed by atoms with Gasteiger partial charge >= 0.3 is 6.36 Å². The third-order valence-electron chi connectivity index (χ3n) is 6.65. The monoisotopic (exact) mass is 596 g/mol. The van der Waals surface area contributed by atoms with Crippen molar-refractivity contribution in [2.75, 3.05) is 38.5 Å². The summed E-state index contributed by atoms with van der Waals surface area (Å²) in [6.45, 7) is 10.9. The average Bonchev–Trinajstić information content (AvgIpc) is 2.99. The molecule has 0 radical (unpaired) electrons. The minimum atomic E-state index is -4.71. The van der Waals surface area contributed by atoms with E-state index in [2.05, 4.69) is 45.3 Å². The Morgan fingerprint density at radius 3 is 1.95 bits per heavy atom. The minimum absolute atomic E-state index is 0.0825. The van der Waals surface area contributed by atoms with Crippen molar-refractivity contribution in [3.8, 4) is 5.75 Å². The third-order valence-corrected chi connectivity index (χ3v) is 6.65. The zero-order valence-corrected chi connectivity index (χ0v) is 25.2. The Hall–Kier alpha value is -3.73. The van der Waals surface area contributed by atoms with E-state index in [9.17, 15) is 13.2 Å². The molecule has 0 bridgehead atoms. The van der Waals surface area contributed by atoms with Crippen LogP contribution in [0.3, 0.4) is 0 Å². The van der Waals surface area contributed by atoms with Crippen molar-refractivity contribution >= 4 is 16.7 Å². The number of nitrogens with two attached hydrogens (primary N) is 2. The maximum absolute atomic E-state index is 12.6. The summed E-state index contributed by atoms with van der Waals surface area (Å²) in [5, 5.41) is 0.850. The van der Waals surface area contributed by atoms with Gasteiger partial charge in [-0.3, -0.25) is 9.80 Å². The van der Waals surface area contributed by atoms with Crippen molar-refractivity contribution in [1.29, 1.82) is 0 Å². The predicted octanol–water partition coefficient (Wildman–Crippen LogP) is 6.79. The van der Waals surface area contributed by atoms with E-state index in [1.807, 2.05) is 54.6 Å². The molecular weight excluding hydrogens is 553 g/mol. The molecule has 232 valence electrons. The van der Waals surface area contributed by atoms with Crippen LogP contribution in [0, 0.1) is 0 Å². The van der Waals surface area contributed by atoms with Crippen molar-refractivity contribution in [3.05, 3.63) is 95.8 Å². The first kappa shape index (κ1) is 33.8. The van der Waals surface area contributed by atoms with E-state index in [4.69, 9.17) is 11.5 Å². The molecule has 0 amide bonds. The topological polar surface area (TPSA) is 93.5 Å². The summed E-state index contributed by atoms with van der Waals surface area (Å²) in [6.07, 6.45) is -2.36. The molecule has 1 unspecified atom stereocenters. The highest BCUT2D eigenvalue weighted by Gasteiger charge is 2.31. The fraction of sp³-hybridized carbons (Fsp3) is 0.394. The van der Waals surface area contributed by atoms with Crippen LogP contribution in [0.15, 0.2) is 78.9 Å². The lowest BCUT2D eigenvalue weighted by Crippen LogP contribution is -2.47. The van der Waals surface area contributed by atoms with Crippen LogP contribution in [0.2, 0.25) is 0 Å². The second-order valence-corrected chi connectivity index (χ2v) is 10.3. The Morgan fingerprint density at radius 2 is 1.37 bits per heavy atom. The van der Waals surface area contributed by atoms with E-state index in [0.717, 1.165) is 61.2 Å². The first-order chi connectivity index (χ1) is 20.7. The van der Waals surface area contributed by atoms with E-state index in [1.165, 1.54) is 18.6 Å². The van der Waals surface area contributed by atoms with Crippen molar-refractivity contribution in [3.63, 3.8) is 0 Å². The van der Waals surface area contributed by atoms with Crippen molar-refractivity contribution in [2.24, 2.45) is 5.73 Å². The summed E-state index contributed by atoms with van der Waals surface area (Å²) in [4.78, 5) is 13.8. The molecule has 4 aromatic rings. The Kier molecular flexibility index (Phi) is 13.2. The Morgan fingerprint density at radius 1 is 0.814 bits per heavy atom. The zero-order valence-electron chi connectivity index (χ0n) is 25.2. The number of hydrogen-bond acceptors (Lipinski definition) is 7. The van der Waals surface area contributed by atoms with Gasteiger partial charge in [0, 0.05) is 31.6 Å². The molecule has 0 spiro atoms. The number of para-hydroxylation sites is 1. The number of ether oxygens (including phenoxy) is 1. The van der Waals surface area contributed by atoms with Crippen LogP contribution < -0.4 is 16.2 Å². The SMILES string of the molecule is CCC.CCCN.Nc1nc(CN2CCN(C(c3ccccc3)c3ccc(OC(F)(F)F)cc3)CC2)nc2ccccc12. The number of nitrogens with zero attached hydrogens (tertiary/aromatic N) is 4. The summed E-state index contributed by atoms with van der Waals surface area (Å²) in [6, 6.07) is 23.8. The molecule has 43 heavy (non-hydrogen) atoms. The fourth-order valence-electron chi connectivity index (χ4n) is 4.70. The summed E-state index contributed by atoms with van der Waals surface area (Å²) >= 11 is 0. The van der Waals surface area contributed by atoms with Crippen molar-refractivity contribution in [2.45, 2.75) is 52.6 Å². The summed E-state index contributed by atoms with van der Waals surface area (Å²) in [5.41, 5.74) is 14.0. The van der Waals surface area contributed by atoms with Gasteiger partial charge < -0.3 is 16.2 Å². The number of anilines is 1. The van der Waals surface area contributed by atoms with E-state index in [-0.39, 0.29) is 11.8 Å². The molecule has 1 aliphatic heterocycles. The molecule has 3 aromatic carbocycles. The van der Waals surface area contributed by atoms with Gasteiger partial charge in [-0.25, -0.2) is 9.97 Å². The molecule has 5 rings (SSSR count). The lowest BCUT2D eigenvalue weighted by atomic mass is 9.96. The number of aromatic nitrogens is 2. The van der Waals surface area contributed by atoms with Gasteiger partial charge in [-0.15, -0.1) is 13.2 Å². The van der Waals surface area contributed by atoms with Gasteiger partial charge in [0.15, 0.2) is 0 Å². The largest absolute Gasteiger partial charge is 0.573 e. The van der Waals surface area contributed by atoms with Gasteiger partial charge in [0.2, 0.25) is 0 Å². The van der Waals surface area contributed by atoms with Crippen LogP contribution >= 0.6 is 0 Å². The molecule has 1 aromatic heterocycles. The molecule has 1 saturated heterocycles. The molecular formula is C33H43F3N6O. The highest BCUT2D eigenvalue weighted by Crippen LogP contribution is 2.32. The molecule has 1 fully saturated rings. The van der Waals surface area contributed by atoms with Crippen LogP contribution in [0.4, 0.5) is 19.0 Å². The standard InChI is InChI=1S/C27H26F3N5O.C3H9N.C3H8/c28-27(29,30)36-21-12-10-20(11-13-21)25(19-6-2-1-3-7-19)35-16-14-34(15-17-35)18-24-32-23-9-5-4-8-22(23)26(31)33-24;1-2-3-4;1-3-2/h1-13,25H,14-18H2,(H2,31,32,33);2-4H2,1H3;3H2,1-2H3. The van der Waals surface area contributed by atoms with Crippen LogP contribution in [-0.4, -0.2) is 58.9 Å². The van der Waals surface area contributed by atoms with Gasteiger partial charge in [-0.05, 0) is 48.4 Å². The van der Waals surface area contributed by atoms with Gasteiger partial charge in [-0.1, -0.05) is 81.8 Å². The number of piperazine rings is 1. The van der Waals surface area contributed by atoms with Crippen LogP contribution in [0.1, 0.15) is 56.6 Å². The van der Waals surface area contributed by atoms with Crippen LogP contribution in [-0.2, 0) is 6.54 Å². The molecule has 0 aliphatic carbocycles. The molecule has 1 atom stereocenters. The van der Waals surface area contributed by atoms with E-state index in [1.54, 1.807) is 12.1 Å². The summed E-state index contributed by atoms with van der Waals surface area (Å²) in [7, 11) is 0. The Labute approximate surface area is 252 Å². The minimum Gasteiger partial charge on any atom is -0.406 e. The first-order valence-electron chi connectivity index (χ1n) is 14.8. The van der Waals surface area contributed by atoms with Crippen LogP contribution in [0.25, 0.3) is 10.9 Å². The zero-order chi connectivity index (χ0) is 31.2. The number of nitrogen functional groups attached to an aromatic ring is 1. The molecule has 0 saturated carbocycles. The van der Waals surface area contributed by atoms with Crippen LogP contribution in [0.5, 0.6) is 5.75 Å². The van der Waals surface area contributed by atoms with Gasteiger partial charge in [0.05, 0.1) is 18.1 Å². The number of fused-ring (bicyclic) bond motifs is 1. The number of hydrogen-bond donors (Lipinski definition) is 2. The number of halogens is 3. The van der Waals surface area contributed by atoms with E-state index >= 15 is 0 Å². The van der Waals surface area contributed by atoms with Gasteiger partial charge in [-0.2, -0.15) is 0 Å². The quantitative estimate of drug-likeness (QED) is 0.243. The lowest BCUT2D eigenvalue weighted by Gasteiger charge is -2.39. The second kappa shape index (κ2) is 16.8. The van der Waals surface area contributed by atoms with Gasteiger partial charge in [0.25, 0.3) is 0 Å². The third kappa shape index (κ3) is 10.5. The maximum Gasteiger partial charge on any atom is 0.573 e. The number of alkyl halides is 3. The molecule has 2 heterocycles. The first-order valence-corrected chi connectivity index (χ1v) is 14.8. The smallest absolute Gasteiger partial charge is 0.406 e. The fourth-order valence-corrected chi connectivity index (χ4v) is 4.70. The Bertz CT molecular complexity index is 1360. The highest BCUT2D eigenvalue weighted by atomic mass is 19.4. The molecule has 4 N–H and O–H groups in total. The second-order valence-electron chi connectivity index (χ2n) is 10.3. The molecule has 7 nitrogen and oxygen atoms in total. The average molecular weight is 597 g/mol. The highest BCUT2D eigenvalue weighted by molar-refractivity contribution is 5.87. The summed E-state index contributed by atoms with van der Waals surface area (Å²) < 4.78 is 41.8. The number of rotatable bonds is 7. The van der Waals surface area contributed by atoms with Crippen molar-refractivity contribution < 1.29 is 17.9 Å². The van der Waals surface area contributed by atoms with Gasteiger partial charge in [0.1, 0.15) is 17.4 Å². The van der Waals surface area contributed by atoms with E-state index in [0.29, 0.717) is 18.2 Å². The van der Waals surface area contributed by atoms with E-state index < -0.39 is 6.36 Å². The molecule has 10 heteroatoms. The van der Waals surface area contributed by atoms with Crippen molar-refractivity contribution in [1.82, 2.24) is 19.8 Å². The Balaban J connectivity index is 0.000000657. The lowest BCUT2D eigenvalue weighted by molar-refractivity contribution is -0.274.